The number of imidazole rings is 1. The van der Waals surface area contributed by atoms with Crippen LogP contribution in [0.15, 0.2) is 18.5 Å². The molecule has 3 rings (SSSR count). The number of halogens is 1. The number of ether oxygens (including phenoxy) is 1. The molecule has 1 fully saturated rings. The van der Waals surface area contributed by atoms with Crippen molar-refractivity contribution in [3.8, 4) is 0 Å². The van der Waals surface area contributed by atoms with Crippen LogP contribution >= 0.6 is 11.6 Å². The average molecular weight is 324 g/mol. The van der Waals surface area contributed by atoms with E-state index in [1.165, 1.54) is 0 Å². The standard InChI is InChI=1S/C15H22ClN5O/c1-10(2)21-12(4-6-19-21)15-11(5-7-22-15)17-9-14-18-8-13(16)20(14)3/h4,6,8,10-11,15,17H,5,7,9H2,1-3H3/t11-,15-/m0/s1. The molecule has 7 heteroatoms. The maximum atomic E-state index is 6.03. The van der Waals surface area contributed by atoms with Crippen molar-refractivity contribution < 1.29 is 4.74 Å². The summed E-state index contributed by atoms with van der Waals surface area (Å²) in [6.45, 7) is 5.68. The highest BCUT2D eigenvalue weighted by molar-refractivity contribution is 6.29. The summed E-state index contributed by atoms with van der Waals surface area (Å²) in [5.41, 5.74) is 1.13. The highest BCUT2D eigenvalue weighted by atomic mass is 35.5. The third-order valence-corrected chi connectivity index (χ3v) is 4.47. The Hall–Kier alpha value is -1.37. The first-order valence-corrected chi connectivity index (χ1v) is 8.00. The van der Waals surface area contributed by atoms with Crippen molar-refractivity contribution in [1.82, 2.24) is 24.6 Å². The summed E-state index contributed by atoms with van der Waals surface area (Å²) >= 11 is 6.03. The Balaban J connectivity index is 1.71. The molecule has 1 aliphatic rings. The van der Waals surface area contributed by atoms with Crippen molar-refractivity contribution in [3.05, 3.63) is 35.1 Å². The van der Waals surface area contributed by atoms with E-state index in [1.54, 1.807) is 6.20 Å². The molecule has 1 aliphatic heterocycles. The van der Waals surface area contributed by atoms with Crippen LogP contribution in [0.3, 0.4) is 0 Å². The number of rotatable bonds is 5. The molecule has 22 heavy (non-hydrogen) atoms. The summed E-state index contributed by atoms with van der Waals surface area (Å²) in [6.07, 6.45) is 4.52. The van der Waals surface area contributed by atoms with Crippen LogP contribution in [0.5, 0.6) is 0 Å². The SMILES string of the molecule is CC(C)n1nccc1[C@H]1OCC[C@@H]1NCc1ncc(Cl)n1C. The van der Waals surface area contributed by atoms with Crippen LogP contribution in [-0.4, -0.2) is 32.0 Å². The Morgan fingerprint density at radius 1 is 1.50 bits per heavy atom. The molecule has 1 N–H and O–H groups in total. The van der Waals surface area contributed by atoms with Crippen molar-refractivity contribution in [2.24, 2.45) is 7.05 Å². The average Bonchev–Trinajstić information content (AvgIpc) is 3.19. The molecule has 3 heterocycles. The van der Waals surface area contributed by atoms with E-state index in [0.29, 0.717) is 17.7 Å². The first-order chi connectivity index (χ1) is 10.6. The molecule has 0 aliphatic carbocycles. The first kappa shape index (κ1) is 15.5. The molecule has 0 unspecified atom stereocenters. The van der Waals surface area contributed by atoms with Gasteiger partial charge in [0.2, 0.25) is 0 Å². The van der Waals surface area contributed by atoms with E-state index in [4.69, 9.17) is 16.3 Å². The summed E-state index contributed by atoms with van der Waals surface area (Å²) in [5, 5.41) is 8.60. The van der Waals surface area contributed by atoms with Gasteiger partial charge in [0.05, 0.1) is 18.4 Å². The fourth-order valence-corrected chi connectivity index (χ4v) is 3.03. The van der Waals surface area contributed by atoms with Gasteiger partial charge in [-0.05, 0) is 26.3 Å². The van der Waals surface area contributed by atoms with E-state index in [0.717, 1.165) is 24.5 Å². The maximum Gasteiger partial charge on any atom is 0.128 e. The van der Waals surface area contributed by atoms with Crippen molar-refractivity contribution in [2.75, 3.05) is 6.61 Å². The second-order valence-corrected chi connectivity index (χ2v) is 6.31. The van der Waals surface area contributed by atoms with E-state index in [9.17, 15) is 0 Å². The minimum Gasteiger partial charge on any atom is -0.370 e. The predicted molar refractivity (Wildman–Crippen MR) is 84.8 cm³/mol. The lowest BCUT2D eigenvalue weighted by molar-refractivity contribution is 0.0897. The van der Waals surface area contributed by atoms with E-state index < -0.39 is 0 Å². The van der Waals surface area contributed by atoms with E-state index in [1.807, 2.05) is 28.6 Å². The zero-order valence-corrected chi connectivity index (χ0v) is 13.9. The molecule has 0 bridgehead atoms. The van der Waals surface area contributed by atoms with Gasteiger partial charge >= 0.3 is 0 Å². The highest BCUT2D eigenvalue weighted by Gasteiger charge is 2.32. The van der Waals surface area contributed by atoms with Gasteiger partial charge in [-0.3, -0.25) is 4.68 Å². The number of nitrogens with zero attached hydrogens (tertiary/aromatic N) is 4. The summed E-state index contributed by atoms with van der Waals surface area (Å²) in [7, 11) is 1.92. The minimum absolute atomic E-state index is 0.0284. The third kappa shape index (κ3) is 2.91. The van der Waals surface area contributed by atoms with Crippen LogP contribution in [0.2, 0.25) is 5.15 Å². The molecule has 0 aromatic carbocycles. The van der Waals surface area contributed by atoms with Crippen LogP contribution in [-0.2, 0) is 18.3 Å². The Kier molecular flexibility index (Phi) is 4.52. The van der Waals surface area contributed by atoms with Crippen LogP contribution in [0, 0.1) is 0 Å². The maximum absolute atomic E-state index is 6.03. The minimum atomic E-state index is 0.0284. The van der Waals surface area contributed by atoms with Gasteiger partial charge in [-0.15, -0.1) is 0 Å². The zero-order chi connectivity index (χ0) is 15.7. The van der Waals surface area contributed by atoms with Crippen LogP contribution in [0.4, 0.5) is 0 Å². The molecule has 120 valence electrons. The zero-order valence-electron chi connectivity index (χ0n) is 13.2. The van der Waals surface area contributed by atoms with Gasteiger partial charge in [0.15, 0.2) is 0 Å². The van der Waals surface area contributed by atoms with Gasteiger partial charge in [-0.1, -0.05) is 11.6 Å². The van der Waals surface area contributed by atoms with Crippen LogP contribution in [0.1, 0.15) is 43.9 Å². The van der Waals surface area contributed by atoms with Gasteiger partial charge in [0.1, 0.15) is 17.1 Å². The lowest BCUT2D eigenvalue weighted by Gasteiger charge is -2.22. The molecule has 2 aromatic rings. The van der Waals surface area contributed by atoms with Crippen molar-refractivity contribution in [1.29, 1.82) is 0 Å². The van der Waals surface area contributed by atoms with Gasteiger partial charge in [0.25, 0.3) is 0 Å². The smallest absolute Gasteiger partial charge is 0.128 e. The molecule has 6 nitrogen and oxygen atoms in total. The molecule has 0 radical (unpaired) electrons. The van der Waals surface area contributed by atoms with Gasteiger partial charge < -0.3 is 14.6 Å². The summed E-state index contributed by atoms with van der Waals surface area (Å²) in [5.74, 6) is 0.924. The number of nitrogens with one attached hydrogen (secondary N) is 1. The topological polar surface area (TPSA) is 56.9 Å². The monoisotopic (exact) mass is 323 g/mol. The molecule has 0 amide bonds. The lowest BCUT2D eigenvalue weighted by atomic mass is 10.1. The molecule has 0 saturated carbocycles. The van der Waals surface area contributed by atoms with Crippen LogP contribution in [0.25, 0.3) is 0 Å². The summed E-state index contributed by atoms with van der Waals surface area (Å²) in [4.78, 5) is 4.32. The largest absolute Gasteiger partial charge is 0.370 e. The molecular formula is C15H22ClN5O. The van der Waals surface area contributed by atoms with E-state index in [-0.39, 0.29) is 12.1 Å². The fraction of sp³-hybridized carbons (Fsp3) is 0.600. The van der Waals surface area contributed by atoms with Crippen molar-refractivity contribution in [3.63, 3.8) is 0 Å². The highest BCUT2D eigenvalue weighted by Crippen LogP contribution is 2.30. The number of aromatic nitrogens is 4. The van der Waals surface area contributed by atoms with Gasteiger partial charge in [0, 0.05) is 31.9 Å². The molecule has 2 atom stereocenters. The normalized spacial score (nSPS) is 21.9. The number of hydrogen-bond acceptors (Lipinski definition) is 4. The second kappa shape index (κ2) is 6.40. The second-order valence-electron chi connectivity index (χ2n) is 5.92. The summed E-state index contributed by atoms with van der Waals surface area (Å²) in [6, 6.07) is 2.62. The molecule has 2 aromatic heterocycles. The Morgan fingerprint density at radius 3 is 3.00 bits per heavy atom. The number of hydrogen-bond donors (Lipinski definition) is 1. The molecule has 1 saturated heterocycles. The molecular weight excluding hydrogens is 302 g/mol. The van der Waals surface area contributed by atoms with Crippen LogP contribution < -0.4 is 5.32 Å². The van der Waals surface area contributed by atoms with E-state index in [2.05, 4.69) is 29.2 Å². The fourth-order valence-electron chi connectivity index (χ4n) is 2.88. The summed E-state index contributed by atoms with van der Waals surface area (Å²) < 4.78 is 9.86. The van der Waals surface area contributed by atoms with Crippen molar-refractivity contribution in [2.45, 2.75) is 45.0 Å². The quantitative estimate of drug-likeness (QED) is 0.918. The van der Waals surface area contributed by atoms with Gasteiger partial charge in [-0.2, -0.15) is 5.10 Å². The Morgan fingerprint density at radius 2 is 2.32 bits per heavy atom. The predicted octanol–water partition coefficient (Wildman–Crippen LogP) is 2.47. The van der Waals surface area contributed by atoms with Gasteiger partial charge in [-0.25, -0.2) is 4.98 Å². The Bertz CT molecular complexity index is 636. The Labute approximate surface area is 135 Å². The third-order valence-electron chi connectivity index (χ3n) is 4.12. The van der Waals surface area contributed by atoms with Crippen molar-refractivity contribution >= 4 is 11.6 Å². The first-order valence-electron chi connectivity index (χ1n) is 7.62. The molecule has 0 spiro atoms. The lowest BCUT2D eigenvalue weighted by Crippen LogP contribution is -2.33. The van der Waals surface area contributed by atoms with E-state index >= 15 is 0 Å².